The van der Waals surface area contributed by atoms with Crippen molar-refractivity contribution in [2.75, 3.05) is 31.1 Å². The van der Waals surface area contributed by atoms with Gasteiger partial charge < -0.3 is 10.2 Å². The molecule has 6 heteroatoms. The van der Waals surface area contributed by atoms with Crippen LogP contribution in [-0.4, -0.2) is 49.1 Å². The number of carbonyl (C=O) groups excluding carboxylic acids is 1. The monoisotopic (exact) mass is 318 g/mol. The lowest BCUT2D eigenvalue weighted by molar-refractivity contribution is -0.126. The van der Waals surface area contributed by atoms with Crippen molar-refractivity contribution < 1.29 is 9.18 Å². The minimum Gasteiger partial charge on any atom is -0.368 e. The summed E-state index contributed by atoms with van der Waals surface area (Å²) >= 11 is 0. The lowest BCUT2D eigenvalue weighted by atomic mass is 10.1. The maximum Gasteiger partial charge on any atom is 0.237 e. The maximum absolute atomic E-state index is 13.2. The zero-order valence-corrected chi connectivity index (χ0v) is 13.8. The molecule has 124 valence electrons. The second-order valence-corrected chi connectivity index (χ2v) is 6.14. The van der Waals surface area contributed by atoms with Crippen molar-refractivity contribution in [3.63, 3.8) is 0 Å². The van der Waals surface area contributed by atoms with Crippen molar-refractivity contribution in [1.29, 1.82) is 5.26 Å². The highest BCUT2D eigenvalue weighted by Gasteiger charge is 2.26. The van der Waals surface area contributed by atoms with Gasteiger partial charge in [0, 0.05) is 32.2 Å². The van der Waals surface area contributed by atoms with E-state index in [1.807, 2.05) is 26.8 Å². The Balaban J connectivity index is 1.99. The Morgan fingerprint density at radius 2 is 1.91 bits per heavy atom. The summed E-state index contributed by atoms with van der Waals surface area (Å²) in [6, 6.07) is 6.29. The molecule has 0 bridgehead atoms. The molecule has 23 heavy (non-hydrogen) atoms. The van der Waals surface area contributed by atoms with E-state index in [1.54, 1.807) is 6.07 Å². The molecule has 1 aromatic rings. The van der Waals surface area contributed by atoms with E-state index in [0.717, 1.165) is 18.8 Å². The quantitative estimate of drug-likeness (QED) is 0.918. The van der Waals surface area contributed by atoms with Gasteiger partial charge in [0.1, 0.15) is 11.9 Å². The van der Waals surface area contributed by atoms with Crippen molar-refractivity contribution >= 4 is 11.6 Å². The van der Waals surface area contributed by atoms with E-state index in [0.29, 0.717) is 18.7 Å². The predicted octanol–water partition coefficient (Wildman–Crippen LogP) is 1.73. The zero-order chi connectivity index (χ0) is 17.0. The van der Waals surface area contributed by atoms with Crippen LogP contribution in [0.25, 0.3) is 0 Å². The third-order valence-electron chi connectivity index (χ3n) is 4.09. The molecular formula is C17H23FN4O. The summed E-state index contributed by atoms with van der Waals surface area (Å²) in [4.78, 5) is 16.3. The van der Waals surface area contributed by atoms with Crippen LogP contribution in [0.15, 0.2) is 18.2 Å². The van der Waals surface area contributed by atoms with Gasteiger partial charge in [0.25, 0.3) is 0 Å². The average molecular weight is 318 g/mol. The summed E-state index contributed by atoms with van der Waals surface area (Å²) in [6.07, 6.45) is 0. The summed E-state index contributed by atoms with van der Waals surface area (Å²) in [6.45, 7) is 8.68. The number of nitrogens with zero attached hydrogens (tertiary/aromatic N) is 3. The van der Waals surface area contributed by atoms with Crippen LogP contribution in [0.1, 0.15) is 26.3 Å². The molecule has 0 aromatic heterocycles. The normalized spacial score (nSPS) is 17.0. The number of amides is 1. The molecule has 1 fully saturated rings. The van der Waals surface area contributed by atoms with Gasteiger partial charge in [0.2, 0.25) is 5.91 Å². The van der Waals surface area contributed by atoms with Crippen LogP contribution in [0.3, 0.4) is 0 Å². The van der Waals surface area contributed by atoms with Gasteiger partial charge in [-0.3, -0.25) is 9.69 Å². The third-order valence-corrected chi connectivity index (χ3v) is 4.09. The number of hydrogen-bond acceptors (Lipinski definition) is 4. The molecule has 0 spiro atoms. The van der Waals surface area contributed by atoms with Gasteiger partial charge in [0.05, 0.1) is 17.3 Å². The maximum atomic E-state index is 13.2. The Labute approximate surface area is 136 Å². The highest BCUT2D eigenvalue weighted by atomic mass is 19.1. The molecule has 5 nitrogen and oxygen atoms in total. The molecule has 1 aliphatic heterocycles. The van der Waals surface area contributed by atoms with Crippen molar-refractivity contribution in [2.45, 2.75) is 32.9 Å². The van der Waals surface area contributed by atoms with E-state index >= 15 is 0 Å². The van der Waals surface area contributed by atoms with Gasteiger partial charge >= 0.3 is 0 Å². The Morgan fingerprint density at radius 1 is 1.26 bits per heavy atom. The van der Waals surface area contributed by atoms with Gasteiger partial charge in [-0.2, -0.15) is 5.26 Å². The Morgan fingerprint density at radius 3 is 2.48 bits per heavy atom. The number of rotatable bonds is 4. The highest BCUT2D eigenvalue weighted by molar-refractivity contribution is 5.81. The smallest absolute Gasteiger partial charge is 0.237 e. The molecule has 0 saturated carbocycles. The van der Waals surface area contributed by atoms with E-state index in [9.17, 15) is 9.18 Å². The molecule has 1 heterocycles. The first-order chi connectivity index (χ1) is 10.9. The summed E-state index contributed by atoms with van der Waals surface area (Å²) in [5.74, 6) is -0.365. The van der Waals surface area contributed by atoms with Crippen LogP contribution in [0.4, 0.5) is 10.1 Å². The van der Waals surface area contributed by atoms with Crippen LogP contribution in [0.2, 0.25) is 0 Å². The lowest BCUT2D eigenvalue weighted by Gasteiger charge is -2.39. The SMILES string of the molecule is CC(C)NC(=O)[C@@H](C)N1CCN(c2ccc(F)cc2C#N)CC1. The molecule has 1 amide bonds. The molecule has 1 atom stereocenters. The molecule has 1 aromatic carbocycles. The van der Waals surface area contributed by atoms with E-state index < -0.39 is 5.82 Å². The number of piperazine rings is 1. The molecule has 0 radical (unpaired) electrons. The predicted molar refractivity (Wildman–Crippen MR) is 87.6 cm³/mol. The van der Waals surface area contributed by atoms with E-state index in [1.165, 1.54) is 12.1 Å². The molecule has 1 N–H and O–H groups in total. The lowest BCUT2D eigenvalue weighted by Crippen LogP contribution is -2.54. The largest absolute Gasteiger partial charge is 0.368 e. The first-order valence-corrected chi connectivity index (χ1v) is 7.91. The number of hydrogen-bond donors (Lipinski definition) is 1. The molecule has 1 aliphatic rings. The molecule has 1 saturated heterocycles. The number of benzene rings is 1. The van der Waals surface area contributed by atoms with E-state index in [-0.39, 0.29) is 18.0 Å². The van der Waals surface area contributed by atoms with Crippen LogP contribution in [0, 0.1) is 17.1 Å². The van der Waals surface area contributed by atoms with E-state index in [4.69, 9.17) is 5.26 Å². The number of carbonyl (C=O) groups is 1. The Bertz CT molecular complexity index is 603. The fourth-order valence-corrected chi connectivity index (χ4v) is 2.79. The van der Waals surface area contributed by atoms with Gasteiger partial charge in [0.15, 0.2) is 0 Å². The van der Waals surface area contributed by atoms with E-state index in [2.05, 4.69) is 15.1 Å². The van der Waals surface area contributed by atoms with Crippen molar-refractivity contribution in [3.8, 4) is 6.07 Å². The number of halogens is 1. The van der Waals surface area contributed by atoms with Crippen LogP contribution in [0.5, 0.6) is 0 Å². The molecule has 2 rings (SSSR count). The number of nitrogens with one attached hydrogen (secondary N) is 1. The fourth-order valence-electron chi connectivity index (χ4n) is 2.79. The standard InChI is InChI=1S/C17H23FN4O/c1-12(2)20-17(23)13(3)21-6-8-22(9-7-21)16-5-4-15(18)10-14(16)11-19/h4-5,10,12-13H,6-9H2,1-3H3,(H,20,23)/t13-/m1/s1. The molecule has 0 aliphatic carbocycles. The first kappa shape index (κ1) is 17.2. The highest BCUT2D eigenvalue weighted by Crippen LogP contribution is 2.22. The van der Waals surface area contributed by atoms with Gasteiger partial charge in [-0.1, -0.05) is 0 Å². The van der Waals surface area contributed by atoms with Crippen LogP contribution >= 0.6 is 0 Å². The van der Waals surface area contributed by atoms with Crippen molar-refractivity contribution in [1.82, 2.24) is 10.2 Å². The topological polar surface area (TPSA) is 59.4 Å². The third kappa shape index (κ3) is 4.20. The summed E-state index contributed by atoms with van der Waals surface area (Å²) in [5, 5.41) is 12.1. The van der Waals surface area contributed by atoms with Crippen molar-refractivity contribution in [3.05, 3.63) is 29.6 Å². The minimum absolute atomic E-state index is 0.0351. The summed E-state index contributed by atoms with van der Waals surface area (Å²) < 4.78 is 13.2. The summed E-state index contributed by atoms with van der Waals surface area (Å²) in [7, 11) is 0. The van der Waals surface area contributed by atoms with Crippen LogP contribution < -0.4 is 10.2 Å². The zero-order valence-electron chi connectivity index (χ0n) is 13.8. The van der Waals surface area contributed by atoms with Gasteiger partial charge in [-0.25, -0.2) is 4.39 Å². The molecule has 0 unspecified atom stereocenters. The number of nitriles is 1. The first-order valence-electron chi connectivity index (χ1n) is 7.91. The van der Waals surface area contributed by atoms with Gasteiger partial charge in [-0.05, 0) is 39.0 Å². The van der Waals surface area contributed by atoms with Crippen LogP contribution in [-0.2, 0) is 4.79 Å². The Kier molecular flexibility index (Phi) is 5.56. The Hall–Kier alpha value is -2.13. The van der Waals surface area contributed by atoms with Gasteiger partial charge in [-0.15, -0.1) is 0 Å². The second kappa shape index (κ2) is 7.42. The summed E-state index contributed by atoms with van der Waals surface area (Å²) in [5.41, 5.74) is 1.11. The second-order valence-electron chi connectivity index (χ2n) is 6.14. The minimum atomic E-state index is -0.400. The van der Waals surface area contributed by atoms with Crippen molar-refractivity contribution in [2.24, 2.45) is 0 Å². The average Bonchev–Trinajstić information content (AvgIpc) is 2.53. The fraction of sp³-hybridized carbons (Fsp3) is 0.529. The molecular weight excluding hydrogens is 295 g/mol. The number of anilines is 1.